The van der Waals surface area contributed by atoms with Gasteiger partial charge in [-0.25, -0.2) is 4.79 Å². The summed E-state index contributed by atoms with van der Waals surface area (Å²) in [5.41, 5.74) is -0.453. The first-order valence-corrected chi connectivity index (χ1v) is 9.22. The van der Waals surface area contributed by atoms with Gasteiger partial charge in [-0.2, -0.15) is 0 Å². The lowest BCUT2D eigenvalue weighted by Crippen LogP contribution is -2.41. The maximum atomic E-state index is 12.3. The van der Waals surface area contributed by atoms with E-state index in [2.05, 4.69) is 5.32 Å². The van der Waals surface area contributed by atoms with Crippen LogP contribution in [0.5, 0.6) is 17.2 Å². The van der Waals surface area contributed by atoms with Crippen LogP contribution in [0.2, 0.25) is 5.02 Å². The van der Waals surface area contributed by atoms with Gasteiger partial charge < -0.3 is 24.3 Å². The van der Waals surface area contributed by atoms with Crippen molar-refractivity contribution in [1.29, 1.82) is 0 Å². The molecule has 29 heavy (non-hydrogen) atoms. The number of carbonyl (C=O) groups excluding carboxylic acids is 2. The van der Waals surface area contributed by atoms with Crippen LogP contribution in [0.4, 0.5) is 0 Å². The summed E-state index contributed by atoms with van der Waals surface area (Å²) in [5, 5.41) is 3.24. The first-order valence-electron chi connectivity index (χ1n) is 8.84. The van der Waals surface area contributed by atoms with Crippen molar-refractivity contribution in [3.63, 3.8) is 0 Å². The minimum atomic E-state index is -1.27. The van der Waals surface area contributed by atoms with Gasteiger partial charge in [0.15, 0.2) is 23.7 Å². The van der Waals surface area contributed by atoms with E-state index in [1.807, 2.05) is 0 Å². The molecule has 8 heteroatoms. The summed E-state index contributed by atoms with van der Waals surface area (Å²) < 4.78 is 21.1. The molecule has 0 spiro atoms. The molecule has 0 atom stereocenters. The van der Waals surface area contributed by atoms with E-state index >= 15 is 0 Å². The highest BCUT2D eigenvalue weighted by Gasteiger charge is 2.32. The Hall–Kier alpha value is -2.93. The van der Waals surface area contributed by atoms with Crippen LogP contribution in [0, 0.1) is 0 Å². The van der Waals surface area contributed by atoms with Crippen LogP contribution < -0.4 is 19.5 Å². The van der Waals surface area contributed by atoms with Gasteiger partial charge in [0.25, 0.3) is 5.91 Å². The Bertz CT molecular complexity index is 851. The molecular weight excluding hydrogens is 398 g/mol. The Kier molecular flexibility index (Phi) is 7.73. The van der Waals surface area contributed by atoms with Crippen LogP contribution in [-0.2, 0) is 20.9 Å². The highest BCUT2D eigenvalue weighted by molar-refractivity contribution is 6.30. The van der Waals surface area contributed by atoms with Crippen LogP contribution in [-0.4, -0.2) is 38.3 Å². The van der Waals surface area contributed by atoms with E-state index in [9.17, 15) is 9.59 Å². The smallest absolute Gasteiger partial charge is 0.350 e. The molecule has 0 bridgehead atoms. The minimum Gasteiger partial charge on any atom is -0.493 e. The number of esters is 1. The molecule has 1 N–H and O–H groups in total. The molecule has 0 unspecified atom stereocenters. The fourth-order valence-electron chi connectivity index (χ4n) is 2.39. The Morgan fingerprint density at radius 3 is 2.28 bits per heavy atom. The average molecular weight is 422 g/mol. The van der Waals surface area contributed by atoms with Crippen molar-refractivity contribution in [1.82, 2.24) is 5.32 Å². The molecule has 0 saturated heterocycles. The van der Waals surface area contributed by atoms with Crippen molar-refractivity contribution < 1.29 is 28.5 Å². The monoisotopic (exact) mass is 421 g/mol. The van der Waals surface area contributed by atoms with Crippen LogP contribution in [0.3, 0.4) is 0 Å². The molecule has 2 rings (SSSR count). The van der Waals surface area contributed by atoms with Gasteiger partial charge in [0.1, 0.15) is 5.75 Å². The molecule has 1 amide bonds. The average Bonchev–Trinajstić information content (AvgIpc) is 2.71. The first-order chi connectivity index (χ1) is 13.7. The molecule has 0 aliphatic rings. The molecule has 2 aromatic carbocycles. The highest BCUT2D eigenvalue weighted by atomic mass is 35.5. The molecule has 0 heterocycles. The topological polar surface area (TPSA) is 83.1 Å². The van der Waals surface area contributed by atoms with Crippen molar-refractivity contribution in [2.24, 2.45) is 0 Å². The van der Waals surface area contributed by atoms with Crippen LogP contribution in [0.25, 0.3) is 0 Å². The highest BCUT2D eigenvalue weighted by Crippen LogP contribution is 2.27. The van der Waals surface area contributed by atoms with Gasteiger partial charge in [-0.05, 0) is 55.8 Å². The standard InChI is InChI=1S/C21H24ClNO6/c1-21(2,29-16-8-6-15(22)7-9-16)20(25)28-13-19(24)23-12-14-5-10-17(26-3)18(11-14)27-4/h5-11H,12-13H2,1-4H3,(H,23,24). The van der Waals surface area contributed by atoms with Gasteiger partial charge in [-0.3, -0.25) is 4.79 Å². The van der Waals surface area contributed by atoms with E-state index in [-0.39, 0.29) is 6.54 Å². The second-order valence-corrected chi connectivity index (χ2v) is 7.04. The second-order valence-electron chi connectivity index (χ2n) is 6.61. The Labute approximate surface area is 174 Å². The summed E-state index contributed by atoms with van der Waals surface area (Å²) in [4.78, 5) is 24.3. The van der Waals surface area contributed by atoms with E-state index in [0.29, 0.717) is 22.3 Å². The van der Waals surface area contributed by atoms with E-state index in [0.717, 1.165) is 5.56 Å². The Morgan fingerprint density at radius 1 is 1.00 bits per heavy atom. The van der Waals surface area contributed by atoms with E-state index in [4.69, 9.17) is 30.5 Å². The largest absolute Gasteiger partial charge is 0.493 e. The summed E-state index contributed by atoms with van der Waals surface area (Å²) in [6.45, 7) is 2.96. The molecule has 156 valence electrons. The quantitative estimate of drug-likeness (QED) is 0.625. The molecule has 0 radical (unpaired) electrons. The molecule has 2 aromatic rings. The molecule has 0 saturated carbocycles. The number of benzene rings is 2. The van der Waals surface area contributed by atoms with Gasteiger partial charge in [-0.15, -0.1) is 0 Å². The summed E-state index contributed by atoms with van der Waals surface area (Å²) in [7, 11) is 3.08. The lowest BCUT2D eigenvalue weighted by Gasteiger charge is -2.24. The van der Waals surface area contributed by atoms with E-state index in [1.54, 1.807) is 63.4 Å². The number of nitrogens with one attached hydrogen (secondary N) is 1. The fraction of sp³-hybridized carbons (Fsp3) is 0.333. The number of hydrogen-bond acceptors (Lipinski definition) is 6. The van der Waals surface area contributed by atoms with Crippen LogP contribution in [0.1, 0.15) is 19.4 Å². The zero-order chi connectivity index (χ0) is 21.4. The van der Waals surface area contributed by atoms with Gasteiger partial charge in [0.05, 0.1) is 14.2 Å². The number of amides is 1. The lowest BCUT2D eigenvalue weighted by molar-refractivity contribution is -0.162. The second kappa shape index (κ2) is 10.0. The SMILES string of the molecule is COc1ccc(CNC(=O)COC(=O)C(C)(C)Oc2ccc(Cl)cc2)cc1OC. The van der Waals surface area contributed by atoms with E-state index < -0.39 is 24.1 Å². The molecule has 7 nitrogen and oxygen atoms in total. The van der Waals surface area contributed by atoms with Crippen molar-refractivity contribution in [2.75, 3.05) is 20.8 Å². The third-order valence-electron chi connectivity index (χ3n) is 3.95. The lowest BCUT2D eigenvalue weighted by atomic mass is 10.1. The summed E-state index contributed by atoms with van der Waals surface area (Å²) in [5.74, 6) is 0.532. The summed E-state index contributed by atoms with van der Waals surface area (Å²) in [6.07, 6.45) is 0. The molecule has 0 aromatic heterocycles. The molecule has 0 aliphatic carbocycles. The van der Waals surface area contributed by atoms with Crippen LogP contribution >= 0.6 is 11.6 Å². The number of ether oxygens (including phenoxy) is 4. The predicted octanol–water partition coefficient (Wildman–Crippen LogP) is 3.37. The minimum absolute atomic E-state index is 0.251. The molecule has 0 aliphatic heterocycles. The van der Waals surface area contributed by atoms with Crippen molar-refractivity contribution in [3.05, 3.63) is 53.1 Å². The molecule has 0 fully saturated rings. The number of hydrogen-bond donors (Lipinski definition) is 1. The van der Waals surface area contributed by atoms with Gasteiger partial charge in [0, 0.05) is 11.6 Å². The number of rotatable bonds is 9. The maximum Gasteiger partial charge on any atom is 0.350 e. The van der Waals surface area contributed by atoms with E-state index in [1.165, 1.54) is 7.11 Å². The van der Waals surface area contributed by atoms with Crippen molar-refractivity contribution in [2.45, 2.75) is 26.0 Å². The number of halogens is 1. The maximum absolute atomic E-state index is 12.3. The zero-order valence-corrected chi connectivity index (χ0v) is 17.5. The predicted molar refractivity (Wildman–Crippen MR) is 109 cm³/mol. The molecular formula is C21H24ClNO6. The Morgan fingerprint density at radius 2 is 1.66 bits per heavy atom. The zero-order valence-electron chi connectivity index (χ0n) is 16.8. The summed E-state index contributed by atoms with van der Waals surface area (Å²) in [6, 6.07) is 11.9. The Balaban J connectivity index is 1.83. The van der Waals surface area contributed by atoms with Gasteiger partial charge in [-0.1, -0.05) is 17.7 Å². The summed E-state index contributed by atoms with van der Waals surface area (Å²) >= 11 is 5.83. The number of methoxy groups -OCH3 is 2. The third kappa shape index (κ3) is 6.57. The third-order valence-corrected chi connectivity index (χ3v) is 4.20. The normalized spacial score (nSPS) is 10.8. The van der Waals surface area contributed by atoms with Crippen LogP contribution in [0.15, 0.2) is 42.5 Å². The first kappa shape index (κ1) is 22.4. The van der Waals surface area contributed by atoms with Crippen molar-refractivity contribution >= 4 is 23.5 Å². The number of carbonyl (C=O) groups is 2. The van der Waals surface area contributed by atoms with Gasteiger partial charge >= 0.3 is 5.97 Å². The van der Waals surface area contributed by atoms with Crippen molar-refractivity contribution in [3.8, 4) is 17.2 Å². The fourth-order valence-corrected chi connectivity index (χ4v) is 2.51. The van der Waals surface area contributed by atoms with Gasteiger partial charge in [0.2, 0.25) is 0 Å².